The van der Waals surface area contributed by atoms with Crippen LogP contribution in [-0.2, 0) is 6.42 Å². The van der Waals surface area contributed by atoms with Crippen molar-refractivity contribution in [3.8, 4) is 21.9 Å². The monoisotopic (exact) mass is 477 g/mol. The molecule has 184 valence electrons. The number of unbranched alkanes of at least 4 members (excludes halogenated alkanes) is 6. The van der Waals surface area contributed by atoms with Gasteiger partial charge in [0.05, 0.1) is 4.88 Å². The number of aromatic nitrogens is 1. The van der Waals surface area contributed by atoms with Crippen molar-refractivity contribution in [2.45, 2.75) is 110 Å². The van der Waals surface area contributed by atoms with Crippen molar-refractivity contribution in [1.29, 1.82) is 0 Å². The van der Waals surface area contributed by atoms with Gasteiger partial charge in [0.25, 0.3) is 0 Å². The summed E-state index contributed by atoms with van der Waals surface area (Å²) in [5.74, 6) is 2.57. The highest BCUT2D eigenvalue weighted by atomic mass is 32.1. The predicted molar refractivity (Wildman–Crippen MR) is 147 cm³/mol. The SMILES string of the molecule is CCCCCCCc1ccc(-c2cc(-c3ccc(C4CCC(CCCCC)CC4)cc3)on2)s1. The van der Waals surface area contributed by atoms with Crippen molar-refractivity contribution >= 4 is 11.3 Å². The average Bonchev–Trinajstić information content (AvgIpc) is 3.55. The largest absolute Gasteiger partial charge is 0.356 e. The van der Waals surface area contributed by atoms with Gasteiger partial charge in [0.2, 0.25) is 0 Å². The molecule has 0 amide bonds. The van der Waals surface area contributed by atoms with Gasteiger partial charge in [0, 0.05) is 16.5 Å². The van der Waals surface area contributed by atoms with E-state index in [0.717, 1.165) is 28.9 Å². The van der Waals surface area contributed by atoms with Crippen LogP contribution in [-0.4, -0.2) is 5.16 Å². The zero-order valence-electron chi connectivity index (χ0n) is 21.4. The Kier molecular flexibility index (Phi) is 9.85. The van der Waals surface area contributed by atoms with Gasteiger partial charge in [-0.2, -0.15) is 0 Å². The van der Waals surface area contributed by atoms with Crippen LogP contribution in [0.25, 0.3) is 21.9 Å². The van der Waals surface area contributed by atoms with Crippen LogP contribution < -0.4 is 0 Å². The second-order valence-corrected chi connectivity index (χ2v) is 11.5. The number of thiophene rings is 1. The fraction of sp³-hybridized carbons (Fsp3) is 0.581. The average molecular weight is 478 g/mol. The molecule has 2 aromatic heterocycles. The van der Waals surface area contributed by atoms with Gasteiger partial charge in [0.1, 0.15) is 5.69 Å². The number of benzene rings is 1. The van der Waals surface area contributed by atoms with Crippen LogP contribution in [0, 0.1) is 5.92 Å². The van der Waals surface area contributed by atoms with Crippen molar-refractivity contribution in [2.24, 2.45) is 5.92 Å². The van der Waals surface area contributed by atoms with Gasteiger partial charge in [-0.05, 0) is 68.1 Å². The summed E-state index contributed by atoms with van der Waals surface area (Å²) in [5.41, 5.74) is 3.59. The molecule has 0 unspecified atom stereocenters. The highest BCUT2D eigenvalue weighted by Gasteiger charge is 2.22. The number of aryl methyl sites for hydroxylation is 1. The summed E-state index contributed by atoms with van der Waals surface area (Å²) >= 11 is 1.86. The molecule has 0 atom stereocenters. The summed E-state index contributed by atoms with van der Waals surface area (Å²) in [6.07, 6.45) is 18.9. The molecule has 2 heterocycles. The Morgan fingerprint density at radius 2 is 1.56 bits per heavy atom. The maximum absolute atomic E-state index is 5.74. The Balaban J connectivity index is 1.29. The van der Waals surface area contributed by atoms with Gasteiger partial charge in [-0.3, -0.25) is 0 Å². The summed E-state index contributed by atoms with van der Waals surface area (Å²) < 4.78 is 5.74. The van der Waals surface area contributed by atoms with E-state index in [4.69, 9.17) is 4.52 Å². The fourth-order valence-electron chi connectivity index (χ4n) is 5.47. The minimum atomic E-state index is 0.730. The molecule has 1 saturated carbocycles. The highest BCUT2D eigenvalue weighted by Crippen LogP contribution is 2.38. The van der Waals surface area contributed by atoms with Crippen LogP contribution in [0.1, 0.15) is 114 Å². The van der Waals surface area contributed by atoms with Gasteiger partial charge in [-0.15, -0.1) is 11.3 Å². The van der Waals surface area contributed by atoms with E-state index in [9.17, 15) is 0 Å². The molecular weight excluding hydrogens is 434 g/mol. The van der Waals surface area contributed by atoms with Crippen molar-refractivity contribution in [1.82, 2.24) is 5.16 Å². The summed E-state index contributed by atoms with van der Waals surface area (Å²) in [6, 6.07) is 15.7. The fourth-order valence-corrected chi connectivity index (χ4v) is 6.47. The molecule has 3 heteroatoms. The molecule has 1 fully saturated rings. The predicted octanol–water partition coefficient (Wildman–Crippen LogP) is 10.4. The molecule has 0 saturated heterocycles. The van der Waals surface area contributed by atoms with Gasteiger partial charge >= 0.3 is 0 Å². The van der Waals surface area contributed by atoms with Crippen LogP contribution in [0.5, 0.6) is 0 Å². The first-order chi connectivity index (χ1) is 16.8. The molecule has 4 rings (SSSR count). The van der Waals surface area contributed by atoms with Crippen molar-refractivity contribution in [2.75, 3.05) is 0 Å². The number of hydrogen-bond donors (Lipinski definition) is 0. The molecular formula is C31H43NOS. The van der Waals surface area contributed by atoms with Gasteiger partial charge in [0.15, 0.2) is 5.76 Å². The van der Waals surface area contributed by atoms with Crippen molar-refractivity contribution in [3.63, 3.8) is 0 Å². The van der Waals surface area contributed by atoms with Gasteiger partial charge < -0.3 is 4.52 Å². The lowest BCUT2D eigenvalue weighted by Gasteiger charge is -2.29. The molecule has 34 heavy (non-hydrogen) atoms. The molecule has 3 aromatic rings. The summed E-state index contributed by atoms with van der Waals surface area (Å²) in [6.45, 7) is 4.57. The van der Waals surface area contributed by atoms with Crippen LogP contribution in [0.15, 0.2) is 47.0 Å². The zero-order valence-corrected chi connectivity index (χ0v) is 22.2. The van der Waals surface area contributed by atoms with Crippen LogP contribution in [0.2, 0.25) is 0 Å². The van der Waals surface area contributed by atoms with Crippen molar-refractivity contribution in [3.05, 3.63) is 52.9 Å². The zero-order chi connectivity index (χ0) is 23.6. The Hall–Kier alpha value is -1.87. The molecule has 0 bridgehead atoms. The van der Waals surface area contributed by atoms with E-state index in [1.54, 1.807) is 0 Å². The Labute approximate surface area is 211 Å². The molecule has 2 nitrogen and oxygen atoms in total. The molecule has 1 aliphatic rings. The maximum atomic E-state index is 5.74. The molecule has 0 spiro atoms. The first-order valence-corrected chi connectivity index (χ1v) is 14.7. The van der Waals surface area contributed by atoms with Crippen LogP contribution >= 0.6 is 11.3 Å². The number of hydrogen-bond acceptors (Lipinski definition) is 3. The first kappa shape index (κ1) is 25.2. The van der Waals surface area contributed by atoms with Gasteiger partial charge in [-0.1, -0.05) is 94.6 Å². The second-order valence-electron chi connectivity index (χ2n) is 10.3. The van der Waals surface area contributed by atoms with E-state index < -0.39 is 0 Å². The number of rotatable bonds is 13. The first-order valence-electron chi connectivity index (χ1n) is 13.9. The summed E-state index contributed by atoms with van der Waals surface area (Å²) in [5, 5.41) is 4.38. The maximum Gasteiger partial charge on any atom is 0.167 e. The number of nitrogens with zero attached hydrogens (tertiary/aromatic N) is 1. The Morgan fingerprint density at radius 1 is 0.824 bits per heavy atom. The van der Waals surface area contributed by atoms with Crippen molar-refractivity contribution < 1.29 is 4.52 Å². The molecule has 1 aliphatic carbocycles. The lowest BCUT2D eigenvalue weighted by atomic mass is 9.77. The van der Waals surface area contributed by atoms with E-state index in [0.29, 0.717) is 0 Å². The van der Waals surface area contributed by atoms with E-state index in [2.05, 4.69) is 61.5 Å². The van der Waals surface area contributed by atoms with Gasteiger partial charge in [-0.25, -0.2) is 0 Å². The third-order valence-corrected chi connectivity index (χ3v) is 8.85. The Bertz CT molecular complexity index is 961. The lowest BCUT2D eigenvalue weighted by Crippen LogP contribution is -2.13. The topological polar surface area (TPSA) is 26.0 Å². The minimum absolute atomic E-state index is 0.730. The molecule has 0 radical (unpaired) electrons. The Morgan fingerprint density at radius 3 is 2.32 bits per heavy atom. The van der Waals surface area contributed by atoms with E-state index >= 15 is 0 Å². The van der Waals surface area contributed by atoms with E-state index in [-0.39, 0.29) is 0 Å². The third kappa shape index (κ3) is 7.07. The van der Waals surface area contributed by atoms with Crippen LogP contribution in [0.4, 0.5) is 0 Å². The van der Waals surface area contributed by atoms with E-state index in [1.807, 2.05) is 11.3 Å². The molecule has 1 aromatic carbocycles. The quantitative estimate of drug-likeness (QED) is 0.229. The minimum Gasteiger partial charge on any atom is -0.356 e. The normalized spacial score (nSPS) is 18.4. The smallest absolute Gasteiger partial charge is 0.167 e. The van der Waals surface area contributed by atoms with E-state index in [1.165, 1.54) is 105 Å². The van der Waals surface area contributed by atoms with Crippen LogP contribution in [0.3, 0.4) is 0 Å². The molecule has 0 aliphatic heterocycles. The standard InChI is InChI=1S/C31H43NOS/c1-3-5-7-8-10-12-28-21-22-31(34-28)29-23-30(33-32-29)27-19-17-26(18-20-27)25-15-13-24(14-16-25)11-9-6-4-2/h17-25H,3-16H2,1-2H3. The molecule has 0 N–H and O–H groups in total. The second kappa shape index (κ2) is 13.3. The summed E-state index contributed by atoms with van der Waals surface area (Å²) in [4.78, 5) is 2.67. The lowest BCUT2D eigenvalue weighted by molar-refractivity contribution is 0.303. The highest BCUT2D eigenvalue weighted by molar-refractivity contribution is 7.15. The third-order valence-electron chi connectivity index (χ3n) is 7.68. The summed E-state index contributed by atoms with van der Waals surface area (Å²) in [7, 11) is 0.